The minimum absolute atomic E-state index is 0.580. The largest absolute Gasteiger partial charge is 0.547 e. The molecule has 0 aromatic rings. The standard InChI is InChI=1S/C11H20N2O3/c14-11(15-12-7-3-1-4-8-12)16-13-9-5-2-6-10-13/h1-10H2. The van der Waals surface area contributed by atoms with Crippen molar-refractivity contribution in [1.29, 1.82) is 0 Å². The molecular weight excluding hydrogens is 208 g/mol. The lowest BCUT2D eigenvalue weighted by Crippen LogP contribution is -2.37. The van der Waals surface area contributed by atoms with E-state index in [0.29, 0.717) is 0 Å². The molecule has 0 aliphatic carbocycles. The summed E-state index contributed by atoms with van der Waals surface area (Å²) in [4.78, 5) is 21.7. The lowest BCUT2D eigenvalue weighted by molar-refractivity contribution is -0.196. The van der Waals surface area contributed by atoms with Crippen molar-refractivity contribution in [1.82, 2.24) is 10.1 Å². The van der Waals surface area contributed by atoms with Crippen molar-refractivity contribution in [3.05, 3.63) is 0 Å². The van der Waals surface area contributed by atoms with Gasteiger partial charge in [0.1, 0.15) is 0 Å². The number of hydroxylamine groups is 4. The molecule has 5 heteroatoms. The molecule has 16 heavy (non-hydrogen) atoms. The van der Waals surface area contributed by atoms with Crippen molar-refractivity contribution in [2.24, 2.45) is 0 Å². The Balaban J connectivity index is 1.66. The van der Waals surface area contributed by atoms with Gasteiger partial charge in [-0.2, -0.15) is 4.79 Å². The van der Waals surface area contributed by atoms with Crippen LogP contribution in [0.4, 0.5) is 4.79 Å². The van der Waals surface area contributed by atoms with Crippen molar-refractivity contribution in [3.8, 4) is 0 Å². The first-order valence-corrected chi connectivity index (χ1v) is 6.24. The molecule has 0 aromatic carbocycles. The summed E-state index contributed by atoms with van der Waals surface area (Å²) in [7, 11) is 0. The van der Waals surface area contributed by atoms with Crippen LogP contribution in [0, 0.1) is 0 Å². The maximum Gasteiger partial charge on any atom is 0.547 e. The predicted octanol–water partition coefficient (Wildman–Crippen LogP) is 1.94. The summed E-state index contributed by atoms with van der Waals surface area (Å²) in [5, 5.41) is 3.41. The summed E-state index contributed by atoms with van der Waals surface area (Å²) >= 11 is 0. The van der Waals surface area contributed by atoms with Gasteiger partial charge in [-0.15, -0.1) is 10.1 Å². The Morgan fingerprint density at radius 2 is 1.06 bits per heavy atom. The Morgan fingerprint density at radius 1 is 0.688 bits per heavy atom. The van der Waals surface area contributed by atoms with Gasteiger partial charge in [-0.1, -0.05) is 12.8 Å². The molecule has 2 saturated heterocycles. The lowest BCUT2D eigenvalue weighted by atomic mass is 10.2. The molecule has 2 fully saturated rings. The molecule has 0 bridgehead atoms. The van der Waals surface area contributed by atoms with Gasteiger partial charge in [0.2, 0.25) is 0 Å². The molecule has 0 amide bonds. The molecule has 0 radical (unpaired) electrons. The molecule has 0 spiro atoms. The first-order valence-electron chi connectivity index (χ1n) is 6.24. The molecule has 5 nitrogen and oxygen atoms in total. The average Bonchev–Trinajstić information content (AvgIpc) is 2.31. The average molecular weight is 228 g/mol. The number of rotatable bonds is 2. The molecule has 2 heterocycles. The number of carbonyl (C=O) groups is 1. The third-order valence-electron chi connectivity index (χ3n) is 3.04. The highest BCUT2D eigenvalue weighted by molar-refractivity contribution is 5.59. The Labute approximate surface area is 96.2 Å². The molecule has 0 unspecified atom stereocenters. The molecule has 0 N–H and O–H groups in total. The fraction of sp³-hybridized carbons (Fsp3) is 0.909. The van der Waals surface area contributed by atoms with Crippen molar-refractivity contribution in [2.75, 3.05) is 26.2 Å². The number of carbonyl (C=O) groups excluding carboxylic acids is 1. The summed E-state index contributed by atoms with van der Waals surface area (Å²) < 4.78 is 0. The first kappa shape index (κ1) is 11.7. The fourth-order valence-corrected chi connectivity index (χ4v) is 2.14. The van der Waals surface area contributed by atoms with Crippen LogP contribution in [0.2, 0.25) is 0 Å². The van der Waals surface area contributed by atoms with Gasteiger partial charge in [-0.05, 0) is 25.7 Å². The third-order valence-corrected chi connectivity index (χ3v) is 3.04. The van der Waals surface area contributed by atoms with Crippen LogP contribution in [0.25, 0.3) is 0 Å². The number of piperidine rings is 2. The van der Waals surface area contributed by atoms with Crippen molar-refractivity contribution in [2.45, 2.75) is 38.5 Å². The van der Waals surface area contributed by atoms with E-state index in [1.54, 1.807) is 10.1 Å². The van der Waals surface area contributed by atoms with Crippen LogP contribution >= 0.6 is 0 Å². The summed E-state index contributed by atoms with van der Waals surface area (Å²) in [6, 6.07) is 0. The summed E-state index contributed by atoms with van der Waals surface area (Å²) in [5.74, 6) is 0. The second kappa shape index (κ2) is 6.06. The van der Waals surface area contributed by atoms with Crippen LogP contribution in [0.1, 0.15) is 38.5 Å². The molecule has 0 atom stereocenters. The molecule has 92 valence electrons. The van der Waals surface area contributed by atoms with Crippen LogP contribution in [0.3, 0.4) is 0 Å². The summed E-state index contributed by atoms with van der Waals surface area (Å²) in [5.41, 5.74) is 0. The third kappa shape index (κ3) is 3.64. The summed E-state index contributed by atoms with van der Waals surface area (Å²) in [6.07, 6.45) is 6.24. The second-order valence-electron chi connectivity index (χ2n) is 4.41. The molecule has 2 rings (SSSR count). The van der Waals surface area contributed by atoms with Crippen LogP contribution < -0.4 is 0 Å². The molecule has 0 aromatic heterocycles. The smallest absolute Gasteiger partial charge is 0.334 e. The van der Waals surface area contributed by atoms with E-state index in [1.807, 2.05) is 0 Å². The zero-order valence-corrected chi connectivity index (χ0v) is 9.69. The van der Waals surface area contributed by atoms with E-state index in [9.17, 15) is 4.79 Å². The number of hydrogen-bond donors (Lipinski definition) is 0. The summed E-state index contributed by atoms with van der Waals surface area (Å²) in [6.45, 7) is 3.31. The monoisotopic (exact) mass is 228 g/mol. The number of nitrogens with zero attached hydrogens (tertiary/aromatic N) is 2. The minimum Gasteiger partial charge on any atom is -0.334 e. The van der Waals surface area contributed by atoms with Gasteiger partial charge >= 0.3 is 6.16 Å². The molecule has 0 saturated carbocycles. The maximum atomic E-state index is 11.5. The predicted molar refractivity (Wildman–Crippen MR) is 58.4 cm³/mol. The van der Waals surface area contributed by atoms with E-state index in [4.69, 9.17) is 9.68 Å². The van der Waals surface area contributed by atoms with Gasteiger partial charge in [-0.3, -0.25) is 0 Å². The fourth-order valence-electron chi connectivity index (χ4n) is 2.14. The van der Waals surface area contributed by atoms with Crippen LogP contribution in [-0.4, -0.2) is 42.5 Å². The van der Waals surface area contributed by atoms with E-state index in [2.05, 4.69) is 0 Å². The highest BCUT2D eigenvalue weighted by Crippen LogP contribution is 2.12. The normalized spacial score (nSPS) is 24.0. The lowest BCUT2D eigenvalue weighted by Gasteiger charge is -2.27. The van der Waals surface area contributed by atoms with Gasteiger partial charge in [0.05, 0.1) is 0 Å². The number of hydrogen-bond acceptors (Lipinski definition) is 5. The Bertz CT molecular complexity index is 201. The molecule has 2 aliphatic heterocycles. The first-order chi connectivity index (χ1) is 7.84. The van der Waals surface area contributed by atoms with E-state index in [0.717, 1.165) is 51.9 Å². The van der Waals surface area contributed by atoms with E-state index < -0.39 is 6.16 Å². The van der Waals surface area contributed by atoms with Crippen LogP contribution in [0.15, 0.2) is 0 Å². The topological polar surface area (TPSA) is 42.0 Å². The van der Waals surface area contributed by atoms with Crippen molar-refractivity contribution in [3.63, 3.8) is 0 Å². The van der Waals surface area contributed by atoms with Crippen molar-refractivity contribution >= 4 is 6.16 Å². The van der Waals surface area contributed by atoms with Gasteiger partial charge in [0.25, 0.3) is 0 Å². The van der Waals surface area contributed by atoms with Gasteiger partial charge < -0.3 is 9.68 Å². The van der Waals surface area contributed by atoms with Crippen LogP contribution in [-0.2, 0) is 9.68 Å². The zero-order valence-electron chi connectivity index (χ0n) is 9.69. The van der Waals surface area contributed by atoms with Gasteiger partial charge in [0, 0.05) is 26.2 Å². The Kier molecular flexibility index (Phi) is 4.42. The quantitative estimate of drug-likeness (QED) is 0.722. The molecule has 2 aliphatic rings. The van der Waals surface area contributed by atoms with E-state index in [1.165, 1.54) is 12.8 Å². The van der Waals surface area contributed by atoms with Gasteiger partial charge in [0.15, 0.2) is 0 Å². The highest BCUT2D eigenvalue weighted by Gasteiger charge is 2.20. The van der Waals surface area contributed by atoms with E-state index >= 15 is 0 Å². The highest BCUT2D eigenvalue weighted by atomic mass is 16.9. The van der Waals surface area contributed by atoms with E-state index in [-0.39, 0.29) is 0 Å². The zero-order chi connectivity index (χ0) is 11.2. The van der Waals surface area contributed by atoms with Crippen LogP contribution in [0.5, 0.6) is 0 Å². The Hall–Kier alpha value is -0.810. The Morgan fingerprint density at radius 3 is 1.44 bits per heavy atom. The SMILES string of the molecule is O=C(ON1CCCCC1)ON1CCCCC1. The molecular formula is C11H20N2O3. The maximum absolute atomic E-state index is 11.5. The second-order valence-corrected chi connectivity index (χ2v) is 4.41. The van der Waals surface area contributed by atoms with Crippen molar-refractivity contribution < 1.29 is 14.5 Å². The van der Waals surface area contributed by atoms with Gasteiger partial charge in [-0.25, -0.2) is 0 Å². The minimum atomic E-state index is -0.580.